The minimum atomic E-state index is -0.541. The maximum absolute atomic E-state index is 13.1. The Morgan fingerprint density at radius 2 is 1.67 bits per heavy atom. The van der Waals surface area contributed by atoms with Crippen molar-refractivity contribution in [1.82, 2.24) is 9.47 Å². The van der Waals surface area contributed by atoms with Gasteiger partial charge in [0, 0.05) is 34.4 Å². The third kappa shape index (κ3) is 4.67. The van der Waals surface area contributed by atoms with Crippen LogP contribution in [0.2, 0.25) is 0 Å². The molecule has 1 fully saturated rings. The quantitative estimate of drug-likeness (QED) is 0.340. The Balaban J connectivity index is 1.40. The van der Waals surface area contributed by atoms with Gasteiger partial charge < -0.3 is 9.88 Å². The highest BCUT2D eigenvalue weighted by Gasteiger charge is 2.36. The largest absolute Gasteiger partial charge is 0.340 e. The summed E-state index contributed by atoms with van der Waals surface area (Å²) in [4.78, 5) is 39.3. The summed E-state index contributed by atoms with van der Waals surface area (Å²) in [6.07, 6.45) is 1.74. The first-order valence-corrected chi connectivity index (χ1v) is 12.1. The van der Waals surface area contributed by atoms with Crippen molar-refractivity contribution in [3.63, 3.8) is 0 Å². The van der Waals surface area contributed by atoms with Crippen LogP contribution in [0.3, 0.4) is 0 Å². The van der Waals surface area contributed by atoms with Crippen molar-refractivity contribution in [3.05, 3.63) is 106 Å². The molecule has 8 heteroatoms. The second kappa shape index (κ2) is 9.83. The van der Waals surface area contributed by atoms with Gasteiger partial charge in [-0.2, -0.15) is 0 Å². The van der Waals surface area contributed by atoms with Gasteiger partial charge in [-0.25, -0.2) is 4.39 Å². The van der Waals surface area contributed by atoms with E-state index in [0.29, 0.717) is 12.2 Å². The van der Waals surface area contributed by atoms with Gasteiger partial charge in [-0.1, -0.05) is 48.5 Å². The monoisotopic (exact) mass is 499 g/mol. The van der Waals surface area contributed by atoms with Crippen molar-refractivity contribution < 1.29 is 18.8 Å². The number of imide groups is 1. The first-order valence-electron chi connectivity index (χ1n) is 11.3. The van der Waals surface area contributed by atoms with Crippen LogP contribution in [0.15, 0.2) is 83.8 Å². The molecule has 1 saturated heterocycles. The predicted octanol–water partition coefficient (Wildman–Crippen LogP) is 5.81. The molecule has 0 atom stereocenters. The average molecular weight is 500 g/mol. The number of fused-ring (bicyclic) bond motifs is 1. The molecule has 36 heavy (non-hydrogen) atoms. The first-order chi connectivity index (χ1) is 17.4. The molecule has 1 aliphatic heterocycles. The van der Waals surface area contributed by atoms with Crippen LogP contribution in [0.25, 0.3) is 17.0 Å². The van der Waals surface area contributed by atoms with E-state index in [2.05, 4.69) is 22.0 Å². The number of amides is 3. The van der Waals surface area contributed by atoms with E-state index in [1.54, 1.807) is 6.08 Å². The predicted molar refractivity (Wildman–Crippen MR) is 140 cm³/mol. The number of carbonyl (C=O) groups excluding carboxylic acids is 3. The van der Waals surface area contributed by atoms with Crippen molar-refractivity contribution in [2.45, 2.75) is 13.5 Å². The van der Waals surface area contributed by atoms with Crippen molar-refractivity contribution in [1.29, 1.82) is 0 Å². The summed E-state index contributed by atoms with van der Waals surface area (Å²) < 4.78 is 15.3. The molecule has 0 spiro atoms. The van der Waals surface area contributed by atoms with E-state index in [1.165, 1.54) is 24.3 Å². The lowest BCUT2D eigenvalue weighted by Gasteiger charge is -2.12. The van der Waals surface area contributed by atoms with Gasteiger partial charge in [-0.3, -0.25) is 19.3 Å². The molecular weight excluding hydrogens is 477 g/mol. The summed E-state index contributed by atoms with van der Waals surface area (Å²) in [7, 11) is 0. The number of rotatable bonds is 6. The third-order valence-electron chi connectivity index (χ3n) is 6.04. The molecule has 5 rings (SSSR count). The van der Waals surface area contributed by atoms with E-state index >= 15 is 0 Å². The molecule has 0 radical (unpaired) electrons. The fraction of sp³-hybridized carbons (Fsp3) is 0.107. The molecule has 1 aromatic heterocycles. The Hall–Kier alpha value is -4.17. The van der Waals surface area contributed by atoms with Crippen LogP contribution in [0, 0.1) is 12.7 Å². The van der Waals surface area contributed by atoms with E-state index in [4.69, 9.17) is 0 Å². The van der Waals surface area contributed by atoms with Gasteiger partial charge in [0.05, 0.1) is 4.91 Å². The Labute approximate surface area is 211 Å². The lowest BCUT2D eigenvalue weighted by atomic mass is 10.1. The van der Waals surface area contributed by atoms with Gasteiger partial charge in [0.15, 0.2) is 0 Å². The summed E-state index contributed by atoms with van der Waals surface area (Å²) in [5.41, 5.74) is 4.40. The summed E-state index contributed by atoms with van der Waals surface area (Å²) >= 11 is 0.817. The van der Waals surface area contributed by atoms with Crippen LogP contribution in [0.5, 0.6) is 0 Å². The fourth-order valence-corrected chi connectivity index (χ4v) is 5.07. The molecule has 0 saturated carbocycles. The van der Waals surface area contributed by atoms with Gasteiger partial charge in [-0.15, -0.1) is 0 Å². The number of halogens is 1. The summed E-state index contributed by atoms with van der Waals surface area (Å²) in [5.74, 6) is -1.48. The molecule has 3 amide bonds. The molecule has 3 aromatic carbocycles. The van der Waals surface area contributed by atoms with Crippen LogP contribution in [0.1, 0.15) is 16.8 Å². The van der Waals surface area contributed by atoms with Crippen LogP contribution in [-0.2, 0) is 16.1 Å². The lowest BCUT2D eigenvalue weighted by molar-refractivity contribution is -0.127. The van der Waals surface area contributed by atoms with Crippen molar-refractivity contribution in [2.24, 2.45) is 0 Å². The zero-order valence-corrected chi connectivity index (χ0v) is 20.2. The Bertz CT molecular complexity index is 1510. The number of hydrogen-bond donors (Lipinski definition) is 1. The molecule has 4 aromatic rings. The number of thioether (sulfide) groups is 1. The molecule has 180 valence electrons. The molecule has 0 aliphatic carbocycles. The normalized spacial score (nSPS) is 14.7. The number of carbonyl (C=O) groups is 3. The minimum absolute atomic E-state index is 0.264. The standard InChI is InChI=1S/C28H22FN3O3S/c1-18-23(22-9-5-6-10-24(22)31(18)16-19-7-3-2-4-8-19)15-25-27(34)32(28(35)36-25)17-26(33)30-21-13-11-20(29)12-14-21/h2-15H,16-17H2,1H3,(H,30,33)/b25-15-. The van der Waals surface area contributed by atoms with Crippen molar-refractivity contribution in [3.8, 4) is 0 Å². The van der Waals surface area contributed by atoms with Gasteiger partial charge in [0.1, 0.15) is 12.4 Å². The van der Waals surface area contributed by atoms with Crippen LogP contribution >= 0.6 is 11.8 Å². The van der Waals surface area contributed by atoms with Crippen LogP contribution in [-0.4, -0.2) is 33.1 Å². The number of para-hydroxylation sites is 1. The molecular formula is C28H22FN3O3S. The lowest BCUT2D eigenvalue weighted by Crippen LogP contribution is -2.36. The fourth-order valence-electron chi connectivity index (χ4n) is 4.25. The third-order valence-corrected chi connectivity index (χ3v) is 6.95. The molecule has 1 aliphatic rings. The smallest absolute Gasteiger partial charge is 0.294 e. The van der Waals surface area contributed by atoms with Crippen molar-refractivity contribution >= 4 is 51.5 Å². The molecule has 0 bridgehead atoms. The van der Waals surface area contributed by atoms with Gasteiger partial charge in [-0.05, 0) is 60.7 Å². The first kappa shape index (κ1) is 23.6. The van der Waals surface area contributed by atoms with E-state index in [1.807, 2.05) is 49.4 Å². The number of aromatic nitrogens is 1. The number of hydrogen-bond acceptors (Lipinski definition) is 4. The average Bonchev–Trinajstić information content (AvgIpc) is 3.29. The highest BCUT2D eigenvalue weighted by Crippen LogP contribution is 2.35. The SMILES string of the molecule is Cc1c(/C=C2\SC(=O)N(CC(=O)Nc3ccc(F)cc3)C2=O)c2ccccc2n1Cc1ccccc1. The summed E-state index contributed by atoms with van der Waals surface area (Å²) in [6.45, 7) is 2.25. The zero-order valence-electron chi connectivity index (χ0n) is 19.4. The second-order valence-electron chi connectivity index (χ2n) is 8.41. The topological polar surface area (TPSA) is 71.4 Å². The summed E-state index contributed by atoms with van der Waals surface area (Å²) in [5, 5.41) is 3.05. The Morgan fingerprint density at radius 3 is 2.42 bits per heavy atom. The number of benzene rings is 3. The minimum Gasteiger partial charge on any atom is -0.340 e. The number of nitrogens with one attached hydrogen (secondary N) is 1. The maximum atomic E-state index is 13.1. The molecule has 0 unspecified atom stereocenters. The van der Waals surface area contributed by atoms with Gasteiger partial charge in [0.25, 0.3) is 11.1 Å². The summed E-state index contributed by atoms with van der Waals surface area (Å²) in [6, 6.07) is 23.3. The van der Waals surface area contributed by atoms with E-state index in [9.17, 15) is 18.8 Å². The van der Waals surface area contributed by atoms with Crippen LogP contribution < -0.4 is 5.32 Å². The number of nitrogens with zero attached hydrogens (tertiary/aromatic N) is 2. The van der Waals surface area contributed by atoms with Crippen LogP contribution in [0.4, 0.5) is 14.9 Å². The van der Waals surface area contributed by atoms with Gasteiger partial charge in [0.2, 0.25) is 5.91 Å². The van der Waals surface area contributed by atoms with Gasteiger partial charge >= 0.3 is 0 Å². The second-order valence-corrected chi connectivity index (χ2v) is 9.40. The molecule has 6 nitrogen and oxygen atoms in total. The number of anilines is 1. The highest BCUT2D eigenvalue weighted by atomic mass is 32.2. The maximum Gasteiger partial charge on any atom is 0.294 e. The van der Waals surface area contributed by atoms with E-state index in [-0.39, 0.29) is 4.91 Å². The van der Waals surface area contributed by atoms with E-state index < -0.39 is 29.4 Å². The van der Waals surface area contributed by atoms with Crippen molar-refractivity contribution in [2.75, 3.05) is 11.9 Å². The highest BCUT2D eigenvalue weighted by molar-refractivity contribution is 8.18. The Kier molecular flexibility index (Phi) is 6.43. The zero-order chi connectivity index (χ0) is 25.2. The molecule has 1 N–H and O–H groups in total. The van der Waals surface area contributed by atoms with E-state index in [0.717, 1.165) is 44.4 Å². The molecule has 2 heterocycles. The Morgan fingerprint density at radius 1 is 0.972 bits per heavy atom.